The van der Waals surface area contributed by atoms with E-state index in [1.807, 2.05) is 0 Å². The number of hydrogen-bond donors (Lipinski definition) is 2. The highest BCUT2D eigenvalue weighted by atomic mass is 35.5. The quantitative estimate of drug-likeness (QED) is 0.329. The summed E-state index contributed by atoms with van der Waals surface area (Å²) in [5.41, 5.74) is 6.09. The van der Waals surface area contributed by atoms with E-state index < -0.39 is 4.92 Å². The third-order valence-electron chi connectivity index (χ3n) is 1.67. The van der Waals surface area contributed by atoms with Gasteiger partial charge in [0.25, 0.3) is 5.69 Å². The van der Waals surface area contributed by atoms with E-state index in [1.54, 1.807) is 6.92 Å². The van der Waals surface area contributed by atoms with Crippen molar-refractivity contribution in [2.24, 2.45) is 0 Å². The Balaban J connectivity index is 3.50. The van der Waals surface area contributed by atoms with Crippen molar-refractivity contribution in [1.82, 2.24) is 0 Å². The monoisotopic (exact) mass is 218 g/mol. The summed E-state index contributed by atoms with van der Waals surface area (Å²) in [6.45, 7) is 1.63. The lowest BCUT2D eigenvalue weighted by Gasteiger charge is -2.05. The lowest BCUT2D eigenvalue weighted by Crippen LogP contribution is -1.96. The Bertz CT molecular complexity index is 381. The van der Waals surface area contributed by atoms with Crippen LogP contribution in [0.5, 0.6) is 0 Å². The molecule has 0 atom stereocenters. The molecule has 0 aromatic heterocycles. The molecular weight excluding hydrogens is 212 g/mol. The average molecular weight is 219 g/mol. The molecular formula is C7H7ClN2O2S. The van der Waals surface area contributed by atoms with E-state index in [0.29, 0.717) is 10.5 Å². The van der Waals surface area contributed by atoms with Crippen LogP contribution in [0.1, 0.15) is 5.56 Å². The van der Waals surface area contributed by atoms with Crippen molar-refractivity contribution >= 4 is 35.6 Å². The number of nitrogens with two attached hydrogens (primary N) is 1. The first kappa shape index (κ1) is 10.1. The fourth-order valence-electron chi connectivity index (χ4n) is 0.924. The normalized spacial score (nSPS) is 10.1. The summed E-state index contributed by atoms with van der Waals surface area (Å²) in [6.07, 6.45) is 0. The van der Waals surface area contributed by atoms with Crippen LogP contribution in [0.3, 0.4) is 0 Å². The number of halogens is 1. The first-order valence-electron chi connectivity index (χ1n) is 3.37. The van der Waals surface area contributed by atoms with Crippen LogP contribution in [0.25, 0.3) is 0 Å². The van der Waals surface area contributed by atoms with Crippen molar-refractivity contribution in [3.05, 3.63) is 26.8 Å². The third kappa shape index (κ3) is 1.71. The molecule has 6 heteroatoms. The smallest absolute Gasteiger partial charge is 0.290 e. The predicted molar refractivity (Wildman–Crippen MR) is 54.5 cm³/mol. The maximum absolute atomic E-state index is 10.5. The van der Waals surface area contributed by atoms with Crippen molar-refractivity contribution in [2.75, 3.05) is 5.73 Å². The van der Waals surface area contributed by atoms with E-state index in [-0.39, 0.29) is 16.4 Å². The minimum absolute atomic E-state index is 0.0872. The van der Waals surface area contributed by atoms with Gasteiger partial charge in [-0.25, -0.2) is 0 Å². The van der Waals surface area contributed by atoms with Crippen molar-refractivity contribution in [3.63, 3.8) is 0 Å². The number of nitrogens with zero attached hydrogens (tertiary/aromatic N) is 1. The zero-order valence-corrected chi connectivity index (χ0v) is 8.39. The number of nitrogen functional groups attached to an aromatic ring is 1. The average Bonchev–Trinajstić information content (AvgIpc) is 2.07. The van der Waals surface area contributed by atoms with E-state index >= 15 is 0 Å². The summed E-state index contributed by atoms with van der Waals surface area (Å²) in [5, 5.41) is 10.6. The lowest BCUT2D eigenvalue weighted by molar-refractivity contribution is -0.384. The fraction of sp³-hybridized carbons (Fsp3) is 0.143. The van der Waals surface area contributed by atoms with Gasteiger partial charge in [0.15, 0.2) is 0 Å². The highest BCUT2D eigenvalue weighted by Crippen LogP contribution is 2.35. The van der Waals surface area contributed by atoms with Gasteiger partial charge < -0.3 is 5.73 Å². The van der Waals surface area contributed by atoms with E-state index in [2.05, 4.69) is 12.6 Å². The van der Waals surface area contributed by atoms with Crippen molar-refractivity contribution < 1.29 is 4.92 Å². The molecule has 4 nitrogen and oxygen atoms in total. The van der Waals surface area contributed by atoms with Gasteiger partial charge in [0.05, 0.1) is 10.6 Å². The maximum atomic E-state index is 10.5. The van der Waals surface area contributed by atoms with Crippen LogP contribution in [0, 0.1) is 17.0 Å². The summed E-state index contributed by atoms with van der Waals surface area (Å²) in [6, 6.07) is 1.21. The molecule has 1 aromatic carbocycles. The van der Waals surface area contributed by atoms with Crippen molar-refractivity contribution in [3.8, 4) is 0 Å². The van der Waals surface area contributed by atoms with Crippen LogP contribution < -0.4 is 5.73 Å². The molecule has 0 aliphatic rings. The molecule has 0 unspecified atom stereocenters. The summed E-state index contributed by atoms with van der Waals surface area (Å²) < 4.78 is 0. The zero-order valence-electron chi connectivity index (χ0n) is 6.74. The number of anilines is 1. The molecule has 0 aliphatic heterocycles. The van der Waals surface area contributed by atoms with Crippen LogP contribution >= 0.6 is 24.2 Å². The highest BCUT2D eigenvalue weighted by Gasteiger charge is 2.17. The van der Waals surface area contributed by atoms with E-state index in [1.165, 1.54) is 6.07 Å². The molecule has 13 heavy (non-hydrogen) atoms. The topological polar surface area (TPSA) is 69.2 Å². The van der Waals surface area contributed by atoms with Gasteiger partial charge in [0.1, 0.15) is 5.02 Å². The van der Waals surface area contributed by atoms with Gasteiger partial charge >= 0.3 is 0 Å². The molecule has 0 heterocycles. The number of nitro groups is 1. The summed E-state index contributed by atoms with van der Waals surface area (Å²) in [7, 11) is 0. The molecule has 1 aromatic rings. The molecule has 70 valence electrons. The summed E-state index contributed by atoms with van der Waals surface area (Å²) in [5.74, 6) is 0. The highest BCUT2D eigenvalue weighted by molar-refractivity contribution is 7.80. The molecule has 1 rings (SSSR count). The molecule has 2 N–H and O–H groups in total. The predicted octanol–water partition coefficient (Wildman–Crippen LogP) is 2.43. The van der Waals surface area contributed by atoms with Gasteiger partial charge in [-0.2, -0.15) is 0 Å². The van der Waals surface area contributed by atoms with Gasteiger partial charge in [0, 0.05) is 11.0 Å². The Kier molecular flexibility index (Phi) is 2.68. The van der Waals surface area contributed by atoms with Crippen LogP contribution in [0.15, 0.2) is 11.0 Å². The minimum Gasteiger partial charge on any atom is -0.398 e. The second-order valence-corrected chi connectivity index (χ2v) is 3.35. The second-order valence-electron chi connectivity index (χ2n) is 2.53. The second kappa shape index (κ2) is 3.43. The summed E-state index contributed by atoms with van der Waals surface area (Å²) >= 11 is 9.78. The Labute approximate surface area is 85.2 Å². The fourth-order valence-corrected chi connectivity index (χ4v) is 1.38. The van der Waals surface area contributed by atoms with E-state index in [9.17, 15) is 10.1 Å². The third-order valence-corrected chi connectivity index (χ3v) is 2.74. The molecule has 0 spiro atoms. The van der Waals surface area contributed by atoms with Gasteiger partial charge in [0.2, 0.25) is 0 Å². The standard InChI is InChI=1S/C7H7ClN2O2S/c1-3-6(8)5(10(11)12)2-4(9)7(3)13/h2,13H,9H2,1H3. The molecule has 0 amide bonds. The SMILES string of the molecule is Cc1c(S)c(N)cc([N+](=O)[O-])c1Cl. The van der Waals surface area contributed by atoms with Crippen molar-refractivity contribution in [2.45, 2.75) is 11.8 Å². The summed E-state index contributed by atoms with van der Waals surface area (Å²) in [4.78, 5) is 10.4. The lowest BCUT2D eigenvalue weighted by atomic mass is 10.2. The van der Waals surface area contributed by atoms with Gasteiger partial charge in [-0.1, -0.05) is 11.6 Å². The van der Waals surface area contributed by atoms with Crippen LogP contribution in [-0.4, -0.2) is 4.92 Å². The van der Waals surface area contributed by atoms with Gasteiger partial charge in [-0.3, -0.25) is 10.1 Å². The van der Waals surface area contributed by atoms with E-state index in [4.69, 9.17) is 17.3 Å². The largest absolute Gasteiger partial charge is 0.398 e. The number of rotatable bonds is 1. The van der Waals surface area contributed by atoms with E-state index in [0.717, 1.165) is 0 Å². The van der Waals surface area contributed by atoms with Crippen molar-refractivity contribution in [1.29, 1.82) is 0 Å². The zero-order chi connectivity index (χ0) is 10.2. The Morgan fingerprint density at radius 1 is 1.69 bits per heavy atom. The molecule has 0 radical (unpaired) electrons. The molecule has 0 aliphatic carbocycles. The van der Waals surface area contributed by atoms with Crippen LogP contribution in [0.4, 0.5) is 11.4 Å². The van der Waals surface area contributed by atoms with Gasteiger partial charge in [-0.15, -0.1) is 12.6 Å². The molecule has 0 bridgehead atoms. The number of hydrogen-bond acceptors (Lipinski definition) is 4. The maximum Gasteiger partial charge on any atom is 0.290 e. The van der Waals surface area contributed by atoms with Gasteiger partial charge in [-0.05, 0) is 12.5 Å². The molecule has 0 saturated heterocycles. The van der Waals surface area contributed by atoms with Crippen LogP contribution in [-0.2, 0) is 0 Å². The minimum atomic E-state index is -0.571. The van der Waals surface area contributed by atoms with Crippen LogP contribution in [0.2, 0.25) is 5.02 Å². The Morgan fingerprint density at radius 2 is 2.23 bits per heavy atom. The Hall–Kier alpha value is -0.940. The number of thiol groups is 1. The Morgan fingerprint density at radius 3 is 2.69 bits per heavy atom. The first-order chi connectivity index (χ1) is 5.95. The number of nitro benzene ring substituents is 1. The molecule has 0 saturated carbocycles. The first-order valence-corrected chi connectivity index (χ1v) is 4.19. The number of benzene rings is 1. The molecule has 0 fully saturated rings.